The lowest BCUT2D eigenvalue weighted by atomic mass is 10.1. The van der Waals surface area contributed by atoms with E-state index in [1.165, 1.54) is 0 Å². The fraction of sp³-hybridized carbons (Fsp3) is 0. The summed E-state index contributed by atoms with van der Waals surface area (Å²) >= 11 is 5.52. The lowest BCUT2D eigenvalue weighted by molar-refractivity contribution is 0.102. The van der Waals surface area contributed by atoms with Gasteiger partial charge in [-0.3, -0.25) is 4.79 Å². The van der Waals surface area contributed by atoms with Crippen molar-refractivity contribution in [3.63, 3.8) is 0 Å². The molecule has 6 heteroatoms. The molecule has 0 saturated carbocycles. The summed E-state index contributed by atoms with van der Waals surface area (Å²) in [6.07, 6.45) is 0. The van der Waals surface area contributed by atoms with Crippen LogP contribution in [0.25, 0.3) is 22.1 Å². The number of fused-ring (bicyclic) bond motifs is 1. The first-order valence-electron chi connectivity index (χ1n) is 8.41. The zero-order valence-corrected chi connectivity index (χ0v) is 18.2. The number of hydrogen-bond acceptors (Lipinski definition) is 3. The third-order valence-electron chi connectivity index (χ3n) is 4.27. The second kappa shape index (κ2) is 7.89. The van der Waals surface area contributed by atoms with Gasteiger partial charge in [-0.25, -0.2) is 4.79 Å². The number of para-hydroxylation sites is 1. The molecule has 4 nitrogen and oxygen atoms in total. The minimum Gasteiger partial charge on any atom is -0.422 e. The molecule has 4 rings (SSSR count). The van der Waals surface area contributed by atoms with Gasteiger partial charge in [0.2, 0.25) is 0 Å². The zero-order valence-electron chi connectivity index (χ0n) is 14.4. The monoisotopic (exact) mass is 545 g/mol. The fourth-order valence-corrected chi connectivity index (χ4v) is 3.81. The minimum atomic E-state index is -0.390. The van der Waals surface area contributed by atoms with Gasteiger partial charge in [-0.2, -0.15) is 0 Å². The summed E-state index contributed by atoms with van der Waals surface area (Å²) in [5.74, 6) is -0.191. The van der Waals surface area contributed by atoms with E-state index in [2.05, 4.69) is 43.8 Å². The predicted molar refractivity (Wildman–Crippen MR) is 123 cm³/mol. The summed E-state index contributed by atoms with van der Waals surface area (Å²) in [5.41, 5.74) is 2.62. The smallest absolute Gasteiger partial charge is 0.344 e. The molecular formula is C22H13BrINO3. The maximum Gasteiger partial charge on any atom is 0.344 e. The molecule has 0 bridgehead atoms. The van der Waals surface area contributed by atoms with Crippen molar-refractivity contribution in [3.8, 4) is 11.1 Å². The van der Waals surface area contributed by atoms with E-state index in [1.807, 2.05) is 36.4 Å². The topological polar surface area (TPSA) is 59.3 Å². The second-order valence-corrected chi connectivity index (χ2v) is 8.22. The van der Waals surface area contributed by atoms with Crippen LogP contribution in [-0.2, 0) is 0 Å². The van der Waals surface area contributed by atoms with Gasteiger partial charge < -0.3 is 9.73 Å². The third kappa shape index (κ3) is 3.88. The fourth-order valence-electron chi connectivity index (χ4n) is 2.87. The van der Waals surface area contributed by atoms with Crippen molar-refractivity contribution in [2.45, 2.75) is 0 Å². The second-order valence-electron chi connectivity index (χ2n) is 6.14. The highest BCUT2D eigenvalue weighted by atomic mass is 127. The molecule has 3 aromatic carbocycles. The highest BCUT2D eigenvalue weighted by Gasteiger charge is 2.12. The van der Waals surface area contributed by atoms with Gasteiger partial charge >= 0.3 is 5.63 Å². The van der Waals surface area contributed by atoms with Crippen molar-refractivity contribution >= 4 is 61.1 Å². The molecule has 4 aromatic rings. The maximum absolute atomic E-state index is 12.5. The number of hydrogen-bond donors (Lipinski definition) is 1. The Balaban J connectivity index is 1.61. The van der Waals surface area contributed by atoms with Crippen LogP contribution in [0.15, 0.2) is 86.5 Å². The number of carbonyl (C=O) groups excluding carboxylic acids is 1. The number of benzene rings is 3. The van der Waals surface area contributed by atoms with Gasteiger partial charge in [0.25, 0.3) is 5.91 Å². The van der Waals surface area contributed by atoms with Gasteiger partial charge in [-0.05, 0) is 70.6 Å². The maximum atomic E-state index is 12.5. The van der Waals surface area contributed by atoms with Crippen LogP contribution in [0.3, 0.4) is 0 Å². The summed E-state index contributed by atoms with van der Waals surface area (Å²) < 4.78 is 7.10. The molecule has 0 fully saturated rings. The van der Waals surface area contributed by atoms with E-state index < -0.39 is 0 Å². The number of nitrogens with one attached hydrogen (secondary N) is 1. The Morgan fingerprint density at radius 2 is 1.71 bits per heavy atom. The summed E-state index contributed by atoms with van der Waals surface area (Å²) in [6, 6.07) is 21.9. The van der Waals surface area contributed by atoms with E-state index in [0.717, 1.165) is 19.0 Å². The summed E-state index contributed by atoms with van der Waals surface area (Å²) in [6.45, 7) is 0. The SMILES string of the molecule is O=C(Nc1ccc(-c2cc3ccccc3oc2=O)cc1)c1cc(Br)ccc1I. The van der Waals surface area contributed by atoms with Crippen molar-refractivity contribution in [1.29, 1.82) is 0 Å². The highest BCUT2D eigenvalue weighted by molar-refractivity contribution is 14.1. The van der Waals surface area contributed by atoms with E-state index in [1.54, 1.807) is 36.4 Å². The third-order valence-corrected chi connectivity index (χ3v) is 5.70. The van der Waals surface area contributed by atoms with Gasteiger partial charge in [0.1, 0.15) is 5.58 Å². The Morgan fingerprint density at radius 3 is 2.50 bits per heavy atom. The molecule has 0 aliphatic rings. The first kappa shape index (κ1) is 18.9. The summed E-state index contributed by atoms with van der Waals surface area (Å²) in [7, 11) is 0. The molecule has 0 aliphatic heterocycles. The van der Waals surface area contributed by atoms with E-state index in [-0.39, 0.29) is 11.5 Å². The molecule has 0 saturated heterocycles. The normalized spacial score (nSPS) is 10.8. The average molecular weight is 546 g/mol. The number of carbonyl (C=O) groups is 1. The van der Waals surface area contributed by atoms with Crippen LogP contribution >= 0.6 is 38.5 Å². The van der Waals surface area contributed by atoms with Crippen molar-refractivity contribution in [1.82, 2.24) is 0 Å². The molecule has 138 valence electrons. The average Bonchev–Trinajstić information content (AvgIpc) is 2.70. The van der Waals surface area contributed by atoms with Crippen molar-refractivity contribution in [3.05, 3.63) is 96.8 Å². The van der Waals surface area contributed by atoms with E-state index in [9.17, 15) is 9.59 Å². The predicted octanol–water partition coefficient (Wildman–Crippen LogP) is 6.08. The van der Waals surface area contributed by atoms with Gasteiger partial charge in [0.15, 0.2) is 0 Å². The van der Waals surface area contributed by atoms with Crippen LogP contribution in [0.1, 0.15) is 10.4 Å². The summed E-state index contributed by atoms with van der Waals surface area (Å²) in [4.78, 5) is 24.8. The van der Waals surface area contributed by atoms with Crippen LogP contribution in [0.5, 0.6) is 0 Å². The molecule has 0 aliphatic carbocycles. The van der Waals surface area contributed by atoms with Crippen LogP contribution < -0.4 is 10.9 Å². The molecule has 1 N–H and O–H groups in total. The standard InChI is InChI=1S/C22H13BrINO3/c23-15-7-10-19(24)18(12-15)21(26)25-16-8-5-13(6-9-16)17-11-14-3-1-2-4-20(14)28-22(17)27/h1-12H,(H,25,26). The Bertz CT molecular complexity index is 1250. The number of halogens is 2. The van der Waals surface area contributed by atoms with Crippen molar-refractivity contribution < 1.29 is 9.21 Å². The molecule has 1 heterocycles. The van der Waals surface area contributed by atoms with E-state index >= 15 is 0 Å². The largest absolute Gasteiger partial charge is 0.422 e. The van der Waals surface area contributed by atoms with Crippen LogP contribution in [0, 0.1) is 3.57 Å². The molecule has 0 unspecified atom stereocenters. The molecule has 1 amide bonds. The molecule has 0 spiro atoms. The molecule has 0 atom stereocenters. The lowest BCUT2D eigenvalue weighted by Gasteiger charge is -2.08. The Morgan fingerprint density at radius 1 is 0.964 bits per heavy atom. The van der Waals surface area contributed by atoms with Gasteiger partial charge in [0, 0.05) is 19.1 Å². The number of rotatable bonds is 3. The molecule has 0 radical (unpaired) electrons. The van der Waals surface area contributed by atoms with E-state index in [0.29, 0.717) is 22.4 Å². The molecule has 28 heavy (non-hydrogen) atoms. The van der Waals surface area contributed by atoms with Crippen molar-refractivity contribution in [2.24, 2.45) is 0 Å². The number of anilines is 1. The highest BCUT2D eigenvalue weighted by Crippen LogP contribution is 2.24. The van der Waals surface area contributed by atoms with E-state index in [4.69, 9.17) is 4.42 Å². The van der Waals surface area contributed by atoms with Crippen LogP contribution in [0.2, 0.25) is 0 Å². The van der Waals surface area contributed by atoms with Gasteiger partial charge in [-0.15, -0.1) is 0 Å². The number of amides is 1. The molecule has 1 aromatic heterocycles. The summed E-state index contributed by atoms with van der Waals surface area (Å²) in [5, 5.41) is 3.74. The first-order valence-corrected chi connectivity index (χ1v) is 10.3. The minimum absolute atomic E-state index is 0.191. The quantitative estimate of drug-likeness (QED) is 0.251. The van der Waals surface area contributed by atoms with Gasteiger partial charge in [0.05, 0.1) is 11.1 Å². The Hall–Kier alpha value is -2.45. The Kier molecular flexibility index (Phi) is 5.32. The zero-order chi connectivity index (χ0) is 19.7. The lowest BCUT2D eigenvalue weighted by Crippen LogP contribution is -2.13. The van der Waals surface area contributed by atoms with Crippen LogP contribution in [0.4, 0.5) is 5.69 Å². The first-order chi connectivity index (χ1) is 13.5. The Labute approximate surface area is 182 Å². The molecular weight excluding hydrogens is 533 g/mol. The van der Waals surface area contributed by atoms with Crippen LogP contribution in [-0.4, -0.2) is 5.91 Å². The van der Waals surface area contributed by atoms with Crippen molar-refractivity contribution in [2.75, 3.05) is 5.32 Å². The van der Waals surface area contributed by atoms with Gasteiger partial charge in [-0.1, -0.05) is 46.3 Å².